The number of fused-ring (bicyclic) bond motifs is 1. The highest BCUT2D eigenvalue weighted by Crippen LogP contribution is 2.32. The number of rotatable bonds is 6. The normalized spacial score (nSPS) is 15.0. The molecule has 1 aliphatic rings. The fourth-order valence-corrected chi connectivity index (χ4v) is 4.58. The Kier molecular flexibility index (Phi) is 5.92. The van der Waals surface area contributed by atoms with Crippen molar-refractivity contribution in [2.75, 3.05) is 29.9 Å². The molecular formula is C21H24N4O3S. The third kappa shape index (κ3) is 4.83. The van der Waals surface area contributed by atoms with Gasteiger partial charge in [-0.15, -0.1) is 0 Å². The molecule has 3 aromatic rings. The van der Waals surface area contributed by atoms with Gasteiger partial charge in [0, 0.05) is 35.2 Å². The van der Waals surface area contributed by atoms with Crippen molar-refractivity contribution in [2.45, 2.75) is 29.1 Å². The van der Waals surface area contributed by atoms with Crippen LogP contribution in [0.15, 0.2) is 52.3 Å². The van der Waals surface area contributed by atoms with Gasteiger partial charge in [-0.3, -0.25) is 5.32 Å². The number of anilines is 2. The van der Waals surface area contributed by atoms with Gasteiger partial charge >= 0.3 is 6.09 Å². The molecule has 1 saturated heterocycles. The van der Waals surface area contributed by atoms with Gasteiger partial charge in [-0.2, -0.15) is 0 Å². The first-order chi connectivity index (χ1) is 14.1. The Balaban J connectivity index is 1.40. The summed E-state index contributed by atoms with van der Waals surface area (Å²) in [4.78, 5) is 22.6. The van der Waals surface area contributed by atoms with E-state index < -0.39 is 6.09 Å². The monoisotopic (exact) mass is 412 g/mol. The van der Waals surface area contributed by atoms with Crippen LogP contribution < -0.4 is 10.2 Å². The molecule has 152 valence electrons. The summed E-state index contributed by atoms with van der Waals surface area (Å²) in [5.41, 5.74) is 2.75. The van der Waals surface area contributed by atoms with E-state index in [0.29, 0.717) is 5.92 Å². The molecule has 0 unspecified atom stereocenters. The van der Waals surface area contributed by atoms with Gasteiger partial charge in [0.1, 0.15) is 0 Å². The molecule has 2 aromatic carbocycles. The summed E-state index contributed by atoms with van der Waals surface area (Å²) in [6.07, 6.45) is 2.05. The number of aromatic nitrogens is 2. The van der Waals surface area contributed by atoms with E-state index in [4.69, 9.17) is 10.2 Å². The minimum absolute atomic E-state index is 0.224. The Morgan fingerprint density at radius 3 is 2.59 bits per heavy atom. The van der Waals surface area contributed by atoms with Gasteiger partial charge in [0.2, 0.25) is 5.95 Å². The SMILES string of the molecule is O=C(O)Nc1nc2cc(Sc3ccc(N4CCC(CCO)CC4)cc3)ccc2[nH]1. The molecular weight excluding hydrogens is 388 g/mol. The molecule has 29 heavy (non-hydrogen) atoms. The number of aliphatic hydroxyl groups is 1. The van der Waals surface area contributed by atoms with Crippen LogP contribution in [0.2, 0.25) is 0 Å². The Bertz CT molecular complexity index is 981. The van der Waals surface area contributed by atoms with Crippen molar-refractivity contribution in [1.29, 1.82) is 0 Å². The number of aromatic amines is 1. The number of nitrogens with zero attached hydrogens (tertiary/aromatic N) is 2. The molecule has 1 aliphatic heterocycles. The van der Waals surface area contributed by atoms with Crippen LogP contribution in [0.25, 0.3) is 11.0 Å². The average Bonchev–Trinajstić information content (AvgIpc) is 3.10. The van der Waals surface area contributed by atoms with Gasteiger partial charge in [0.15, 0.2) is 0 Å². The minimum atomic E-state index is -1.14. The number of carboxylic acid groups (broad SMARTS) is 1. The quantitative estimate of drug-likeness (QED) is 0.479. The molecule has 0 atom stereocenters. The molecule has 4 rings (SSSR count). The second-order valence-corrected chi connectivity index (χ2v) is 8.38. The lowest BCUT2D eigenvalue weighted by molar-refractivity contribution is 0.209. The van der Waals surface area contributed by atoms with Crippen LogP contribution in [0, 0.1) is 5.92 Å². The standard InChI is InChI=1S/C21H24N4O3S/c26-12-9-14-7-10-25(11-8-14)15-1-3-16(4-2-15)29-17-5-6-18-19(13-17)23-20(22-18)24-21(27)28/h1-6,13-14,26H,7-12H2,(H,27,28)(H2,22,23,24). The van der Waals surface area contributed by atoms with E-state index in [1.807, 2.05) is 18.2 Å². The van der Waals surface area contributed by atoms with Gasteiger partial charge in [-0.1, -0.05) is 11.8 Å². The summed E-state index contributed by atoms with van der Waals surface area (Å²) in [5.74, 6) is 0.871. The number of nitrogens with one attached hydrogen (secondary N) is 2. The van der Waals surface area contributed by atoms with Gasteiger partial charge < -0.3 is 20.1 Å². The van der Waals surface area contributed by atoms with E-state index in [2.05, 4.69) is 44.5 Å². The fourth-order valence-electron chi connectivity index (χ4n) is 3.73. The van der Waals surface area contributed by atoms with Crippen LogP contribution in [-0.2, 0) is 0 Å². The van der Waals surface area contributed by atoms with E-state index >= 15 is 0 Å². The second kappa shape index (κ2) is 8.75. The van der Waals surface area contributed by atoms with Crippen molar-refractivity contribution in [3.63, 3.8) is 0 Å². The van der Waals surface area contributed by atoms with E-state index in [1.165, 1.54) is 5.69 Å². The van der Waals surface area contributed by atoms with Crippen molar-refractivity contribution < 1.29 is 15.0 Å². The predicted molar refractivity (Wildman–Crippen MR) is 115 cm³/mol. The number of carbonyl (C=O) groups is 1. The molecule has 2 heterocycles. The Morgan fingerprint density at radius 2 is 1.90 bits per heavy atom. The highest BCUT2D eigenvalue weighted by atomic mass is 32.2. The lowest BCUT2D eigenvalue weighted by Gasteiger charge is -2.33. The number of imidazole rings is 1. The lowest BCUT2D eigenvalue weighted by Crippen LogP contribution is -2.33. The molecule has 8 heteroatoms. The zero-order valence-electron chi connectivity index (χ0n) is 16.0. The maximum Gasteiger partial charge on any atom is 0.411 e. The highest BCUT2D eigenvalue weighted by molar-refractivity contribution is 7.99. The van der Waals surface area contributed by atoms with Gasteiger partial charge in [0.05, 0.1) is 11.0 Å². The van der Waals surface area contributed by atoms with Crippen LogP contribution in [0.1, 0.15) is 19.3 Å². The van der Waals surface area contributed by atoms with Crippen molar-refractivity contribution in [1.82, 2.24) is 9.97 Å². The molecule has 0 saturated carbocycles. The number of hydrogen-bond acceptors (Lipinski definition) is 5. The highest BCUT2D eigenvalue weighted by Gasteiger charge is 2.19. The van der Waals surface area contributed by atoms with Crippen molar-refractivity contribution in [3.05, 3.63) is 42.5 Å². The van der Waals surface area contributed by atoms with E-state index in [0.717, 1.165) is 53.2 Å². The third-order valence-corrected chi connectivity index (χ3v) is 6.27. The van der Waals surface area contributed by atoms with Crippen molar-refractivity contribution >= 4 is 40.5 Å². The van der Waals surface area contributed by atoms with E-state index in [-0.39, 0.29) is 12.6 Å². The van der Waals surface area contributed by atoms with Crippen molar-refractivity contribution in [3.8, 4) is 0 Å². The summed E-state index contributed by atoms with van der Waals surface area (Å²) in [6, 6.07) is 14.4. The summed E-state index contributed by atoms with van der Waals surface area (Å²) in [6.45, 7) is 2.37. The molecule has 1 fully saturated rings. The third-order valence-electron chi connectivity index (χ3n) is 5.27. The zero-order valence-corrected chi connectivity index (χ0v) is 16.8. The smallest absolute Gasteiger partial charge is 0.411 e. The number of piperidine rings is 1. The first-order valence-corrected chi connectivity index (χ1v) is 10.6. The average molecular weight is 413 g/mol. The van der Waals surface area contributed by atoms with Gasteiger partial charge in [-0.25, -0.2) is 9.78 Å². The summed E-state index contributed by atoms with van der Waals surface area (Å²) >= 11 is 1.65. The molecule has 0 bridgehead atoms. The minimum Gasteiger partial charge on any atom is -0.465 e. The topological polar surface area (TPSA) is 101 Å². The first kappa shape index (κ1) is 19.6. The van der Waals surface area contributed by atoms with Gasteiger partial charge in [-0.05, 0) is 67.6 Å². The molecule has 0 spiro atoms. The number of hydrogen-bond donors (Lipinski definition) is 4. The lowest BCUT2D eigenvalue weighted by atomic mass is 9.93. The largest absolute Gasteiger partial charge is 0.465 e. The summed E-state index contributed by atoms with van der Waals surface area (Å²) in [7, 11) is 0. The fraction of sp³-hybridized carbons (Fsp3) is 0.333. The number of benzene rings is 2. The Morgan fingerprint density at radius 1 is 1.17 bits per heavy atom. The van der Waals surface area contributed by atoms with E-state index in [9.17, 15) is 4.79 Å². The Labute approximate surface area is 173 Å². The zero-order chi connectivity index (χ0) is 20.2. The van der Waals surface area contributed by atoms with Crippen LogP contribution >= 0.6 is 11.8 Å². The van der Waals surface area contributed by atoms with Crippen LogP contribution in [0.5, 0.6) is 0 Å². The summed E-state index contributed by atoms with van der Waals surface area (Å²) in [5, 5.41) is 20.1. The predicted octanol–water partition coefficient (Wildman–Crippen LogP) is 4.40. The molecule has 1 amide bonds. The maximum atomic E-state index is 10.8. The summed E-state index contributed by atoms with van der Waals surface area (Å²) < 4.78 is 0. The number of amides is 1. The van der Waals surface area contributed by atoms with Crippen LogP contribution in [0.4, 0.5) is 16.4 Å². The molecule has 0 radical (unpaired) electrons. The number of H-pyrrole nitrogens is 1. The van der Waals surface area contributed by atoms with Crippen LogP contribution in [-0.4, -0.2) is 46.0 Å². The maximum absolute atomic E-state index is 10.8. The Hall–Kier alpha value is -2.71. The van der Waals surface area contributed by atoms with Crippen LogP contribution in [0.3, 0.4) is 0 Å². The second-order valence-electron chi connectivity index (χ2n) is 7.23. The molecule has 0 aliphatic carbocycles. The molecule has 1 aromatic heterocycles. The van der Waals surface area contributed by atoms with Crippen molar-refractivity contribution in [2.24, 2.45) is 5.92 Å². The molecule has 4 N–H and O–H groups in total. The van der Waals surface area contributed by atoms with E-state index in [1.54, 1.807) is 11.8 Å². The first-order valence-electron chi connectivity index (χ1n) is 9.74. The molecule has 7 nitrogen and oxygen atoms in total. The van der Waals surface area contributed by atoms with Gasteiger partial charge in [0.25, 0.3) is 0 Å². The number of aliphatic hydroxyl groups excluding tert-OH is 1.